The third kappa shape index (κ3) is 2.95. The topological polar surface area (TPSA) is 117 Å². The fourth-order valence-corrected chi connectivity index (χ4v) is 3.63. The van der Waals surface area contributed by atoms with E-state index in [0.29, 0.717) is 6.61 Å². The molecule has 0 spiro atoms. The van der Waals surface area contributed by atoms with Gasteiger partial charge in [-0.1, -0.05) is 0 Å². The summed E-state index contributed by atoms with van der Waals surface area (Å²) < 4.78 is 20.7. The van der Waals surface area contributed by atoms with E-state index in [-0.39, 0.29) is 36.0 Å². The summed E-state index contributed by atoms with van der Waals surface area (Å²) in [5.41, 5.74) is -0.966. The van der Waals surface area contributed by atoms with Crippen LogP contribution in [0.4, 0.5) is 4.39 Å². The van der Waals surface area contributed by atoms with Gasteiger partial charge < -0.3 is 24.8 Å². The normalized spacial score (nSPS) is 23.9. The SMILES string of the molecule is C[C@H]1CO[C@@H]2Cn3cc(C(=O)NCc4ccncc4F)c(=O)c(O)c3C(O)N12. The maximum atomic E-state index is 13.6. The lowest BCUT2D eigenvalue weighted by atomic mass is 10.1. The number of aliphatic hydroxyl groups is 1. The van der Waals surface area contributed by atoms with Gasteiger partial charge >= 0.3 is 0 Å². The van der Waals surface area contributed by atoms with Crippen LogP contribution in [0.3, 0.4) is 0 Å². The number of halogens is 1. The van der Waals surface area contributed by atoms with Gasteiger partial charge in [0.15, 0.2) is 12.0 Å². The largest absolute Gasteiger partial charge is 0.503 e. The van der Waals surface area contributed by atoms with Crippen molar-refractivity contribution in [3.05, 3.63) is 57.5 Å². The van der Waals surface area contributed by atoms with Gasteiger partial charge in [0.25, 0.3) is 5.91 Å². The van der Waals surface area contributed by atoms with Crippen LogP contribution in [0, 0.1) is 5.82 Å². The van der Waals surface area contributed by atoms with Gasteiger partial charge in [0.2, 0.25) is 5.43 Å². The van der Waals surface area contributed by atoms with Crippen molar-refractivity contribution >= 4 is 5.91 Å². The molecule has 0 aromatic carbocycles. The van der Waals surface area contributed by atoms with Crippen molar-refractivity contribution in [3.8, 4) is 5.75 Å². The molecule has 1 saturated heterocycles. The summed E-state index contributed by atoms with van der Waals surface area (Å²) in [7, 11) is 0. The van der Waals surface area contributed by atoms with Crippen LogP contribution < -0.4 is 10.7 Å². The molecule has 1 unspecified atom stereocenters. The number of rotatable bonds is 3. The van der Waals surface area contributed by atoms with Gasteiger partial charge in [-0.25, -0.2) is 9.29 Å². The van der Waals surface area contributed by atoms with E-state index in [0.717, 1.165) is 6.20 Å². The lowest BCUT2D eigenvalue weighted by molar-refractivity contribution is -0.105. The molecule has 4 heterocycles. The number of carbonyl (C=O) groups excluding carboxylic acids is 1. The summed E-state index contributed by atoms with van der Waals surface area (Å²) in [5.74, 6) is -2.03. The summed E-state index contributed by atoms with van der Waals surface area (Å²) >= 11 is 0. The quantitative estimate of drug-likeness (QED) is 0.679. The van der Waals surface area contributed by atoms with Crippen molar-refractivity contribution in [2.75, 3.05) is 6.61 Å². The van der Waals surface area contributed by atoms with Crippen LogP contribution in [-0.4, -0.2) is 49.4 Å². The van der Waals surface area contributed by atoms with Crippen LogP contribution in [0.25, 0.3) is 0 Å². The van der Waals surface area contributed by atoms with Crippen LogP contribution in [-0.2, 0) is 17.8 Å². The molecule has 1 amide bonds. The van der Waals surface area contributed by atoms with Crippen molar-refractivity contribution in [1.82, 2.24) is 19.8 Å². The van der Waals surface area contributed by atoms with Crippen LogP contribution in [0.5, 0.6) is 5.75 Å². The highest BCUT2D eigenvalue weighted by molar-refractivity contribution is 5.94. The van der Waals surface area contributed by atoms with E-state index < -0.39 is 35.4 Å². The van der Waals surface area contributed by atoms with E-state index in [4.69, 9.17) is 4.74 Å². The second-order valence-electron chi connectivity index (χ2n) is 6.87. The minimum atomic E-state index is -1.23. The summed E-state index contributed by atoms with van der Waals surface area (Å²) in [6.07, 6.45) is 2.03. The van der Waals surface area contributed by atoms with E-state index in [9.17, 15) is 24.2 Å². The number of hydrogen-bond acceptors (Lipinski definition) is 7. The molecule has 10 heteroatoms. The average molecular weight is 390 g/mol. The summed E-state index contributed by atoms with van der Waals surface area (Å²) in [6.45, 7) is 2.37. The highest BCUT2D eigenvalue weighted by Gasteiger charge is 2.43. The molecule has 28 heavy (non-hydrogen) atoms. The number of carbonyl (C=O) groups is 1. The van der Waals surface area contributed by atoms with Crippen molar-refractivity contribution in [2.45, 2.75) is 38.5 Å². The predicted octanol–water partition coefficient (Wildman–Crippen LogP) is 0.0693. The zero-order valence-electron chi connectivity index (χ0n) is 15.0. The number of aromatic hydroxyl groups is 1. The lowest BCUT2D eigenvalue weighted by Crippen LogP contribution is -2.47. The molecular formula is C18H19FN4O5. The minimum absolute atomic E-state index is 0.0235. The van der Waals surface area contributed by atoms with Crippen molar-refractivity contribution in [2.24, 2.45) is 0 Å². The molecular weight excluding hydrogens is 371 g/mol. The Morgan fingerprint density at radius 2 is 2.29 bits per heavy atom. The fraction of sp³-hybridized carbons (Fsp3) is 0.389. The molecule has 4 rings (SSSR count). The number of aromatic nitrogens is 2. The van der Waals surface area contributed by atoms with Gasteiger partial charge in [-0.15, -0.1) is 0 Å². The molecule has 0 saturated carbocycles. The van der Waals surface area contributed by atoms with Gasteiger partial charge in [0, 0.05) is 30.5 Å². The second kappa shape index (κ2) is 6.97. The molecule has 3 atom stereocenters. The van der Waals surface area contributed by atoms with Gasteiger partial charge in [0.05, 0.1) is 19.3 Å². The Kier molecular flexibility index (Phi) is 4.61. The van der Waals surface area contributed by atoms with E-state index in [1.807, 2.05) is 6.92 Å². The Hall–Kier alpha value is -2.82. The van der Waals surface area contributed by atoms with Crippen molar-refractivity contribution in [3.63, 3.8) is 0 Å². The summed E-state index contributed by atoms with van der Waals surface area (Å²) in [5, 5.41) is 23.4. The number of amides is 1. The van der Waals surface area contributed by atoms with Gasteiger partial charge in [-0.3, -0.25) is 14.6 Å². The van der Waals surface area contributed by atoms with Crippen LogP contribution in [0.2, 0.25) is 0 Å². The smallest absolute Gasteiger partial charge is 0.257 e. The molecule has 148 valence electrons. The standard InChI is InChI=1S/C18H19FN4O5/c1-9-8-28-13-7-22-6-11(15(24)16(25)14(22)18(27)23(9)13)17(26)21-4-10-2-3-20-5-12(10)19/h2-3,5-6,9,13,18,25,27H,4,7-8H2,1H3,(H,21,26)/t9-,13+,18?/m0/s1. The molecule has 1 fully saturated rings. The first-order valence-corrected chi connectivity index (χ1v) is 8.78. The molecule has 2 aliphatic heterocycles. The molecule has 0 bridgehead atoms. The first-order chi connectivity index (χ1) is 13.4. The lowest BCUT2D eigenvalue weighted by Gasteiger charge is -2.38. The zero-order valence-corrected chi connectivity index (χ0v) is 15.0. The number of hydrogen-bond donors (Lipinski definition) is 3. The van der Waals surface area contributed by atoms with Gasteiger partial charge in [-0.05, 0) is 13.0 Å². The number of pyridine rings is 2. The number of nitrogens with one attached hydrogen (secondary N) is 1. The first kappa shape index (κ1) is 18.5. The number of fused-ring (bicyclic) bond motifs is 2. The zero-order chi connectivity index (χ0) is 20.0. The molecule has 0 aliphatic carbocycles. The van der Waals surface area contributed by atoms with Crippen molar-refractivity contribution < 1.29 is 24.1 Å². The van der Waals surface area contributed by atoms with E-state index in [1.165, 1.54) is 23.0 Å². The summed E-state index contributed by atoms with van der Waals surface area (Å²) in [6, 6.07) is 1.33. The Morgan fingerprint density at radius 1 is 1.50 bits per heavy atom. The fourth-order valence-electron chi connectivity index (χ4n) is 3.63. The van der Waals surface area contributed by atoms with Gasteiger partial charge in [0.1, 0.15) is 23.3 Å². The first-order valence-electron chi connectivity index (χ1n) is 8.78. The van der Waals surface area contributed by atoms with Gasteiger partial charge in [-0.2, -0.15) is 0 Å². The second-order valence-corrected chi connectivity index (χ2v) is 6.87. The highest BCUT2D eigenvalue weighted by Crippen LogP contribution is 2.36. The van der Waals surface area contributed by atoms with E-state index >= 15 is 0 Å². The molecule has 0 radical (unpaired) electrons. The van der Waals surface area contributed by atoms with E-state index in [2.05, 4.69) is 10.3 Å². The number of aliphatic hydroxyl groups excluding tert-OH is 1. The summed E-state index contributed by atoms with van der Waals surface area (Å²) in [4.78, 5) is 30.3. The Morgan fingerprint density at radius 3 is 3.04 bits per heavy atom. The minimum Gasteiger partial charge on any atom is -0.503 e. The average Bonchev–Trinajstić information content (AvgIpc) is 3.04. The maximum Gasteiger partial charge on any atom is 0.257 e. The number of nitrogens with zero attached hydrogens (tertiary/aromatic N) is 3. The Labute approximate surface area is 159 Å². The number of ether oxygens (including phenoxy) is 1. The third-order valence-corrected chi connectivity index (χ3v) is 5.09. The predicted molar refractivity (Wildman–Crippen MR) is 93.7 cm³/mol. The van der Waals surface area contributed by atoms with E-state index in [1.54, 1.807) is 4.90 Å². The maximum absolute atomic E-state index is 13.6. The molecule has 3 N–H and O–H groups in total. The molecule has 2 aromatic rings. The Balaban J connectivity index is 1.63. The molecule has 2 aromatic heterocycles. The molecule has 9 nitrogen and oxygen atoms in total. The van der Waals surface area contributed by atoms with Crippen LogP contribution >= 0.6 is 0 Å². The third-order valence-electron chi connectivity index (χ3n) is 5.09. The van der Waals surface area contributed by atoms with Crippen molar-refractivity contribution in [1.29, 1.82) is 0 Å². The Bertz CT molecular complexity index is 994. The highest BCUT2D eigenvalue weighted by atomic mass is 19.1. The monoisotopic (exact) mass is 390 g/mol. The van der Waals surface area contributed by atoms with Crippen LogP contribution in [0.15, 0.2) is 29.5 Å². The van der Waals surface area contributed by atoms with Crippen LogP contribution in [0.1, 0.15) is 34.8 Å². The molecule has 2 aliphatic rings.